The Morgan fingerprint density at radius 3 is 2.67 bits per heavy atom. The second kappa shape index (κ2) is 4.72. The fraction of sp³-hybridized carbons (Fsp3) is 0. The summed E-state index contributed by atoms with van der Waals surface area (Å²) >= 11 is 1.79. The number of nitro groups is 1. The van der Waals surface area contributed by atoms with Crippen molar-refractivity contribution < 1.29 is 14.8 Å². The van der Waals surface area contributed by atoms with Crippen molar-refractivity contribution in [2.24, 2.45) is 0 Å². The summed E-state index contributed by atoms with van der Waals surface area (Å²) in [5.41, 5.74) is 0.114. The molecule has 7 nitrogen and oxygen atoms in total. The van der Waals surface area contributed by atoms with Crippen LogP contribution in [-0.2, 0) is 0 Å². The highest BCUT2D eigenvalue weighted by atomic mass is 127. The Hall–Kier alpha value is -1.97. The molecular weight excluding hydrogens is 353 g/mol. The van der Waals surface area contributed by atoms with Crippen molar-refractivity contribution in [2.75, 3.05) is 0 Å². The molecule has 0 radical (unpaired) electrons. The number of carboxylic acid groups (broad SMARTS) is 1. The Morgan fingerprint density at radius 1 is 1.44 bits per heavy atom. The lowest BCUT2D eigenvalue weighted by Gasteiger charge is -2.04. The molecule has 0 fully saturated rings. The van der Waals surface area contributed by atoms with E-state index in [9.17, 15) is 14.9 Å². The van der Waals surface area contributed by atoms with E-state index < -0.39 is 10.9 Å². The molecule has 0 atom stereocenters. The van der Waals surface area contributed by atoms with E-state index in [1.807, 2.05) is 0 Å². The van der Waals surface area contributed by atoms with E-state index in [4.69, 9.17) is 5.11 Å². The first-order valence-corrected chi connectivity index (χ1v) is 5.81. The van der Waals surface area contributed by atoms with E-state index in [0.29, 0.717) is 3.70 Å². The Morgan fingerprint density at radius 2 is 2.11 bits per heavy atom. The third-order valence-corrected chi connectivity index (χ3v) is 3.29. The zero-order valence-electron chi connectivity index (χ0n) is 8.78. The van der Waals surface area contributed by atoms with Crippen LogP contribution in [0.3, 0.4) is 0 Å². The van der Waals surface area contributed by atoms with Crippen LogP contribution in [0, 0.1) is 13.8 Å². The van der Waals surface area contributed by atoms with Gasteiger partial charge in [0.15, 0.2) is 0 Å². The molecular formula is C10H6IN3O4. The van der Waals surface area contributed by atoms with Gasteiger partial charge in [0.2, 0.25) is 0 Å². The van der Waals surface area contributed by atoms with Gasteiger partial charge >= 0.3 is 5.97 Å². The Bertz CT molecular complexity index is 638. The van der Waals surface area contributed by atoms with Crippen LogP contribution in [0.25, 0.3) is 5.69 Å². The van der Waals surface area contributed by atoms with E-state index >= 15 is 0 Å². The molecule has 0 saturated heterocycles. The molecule has 1 aromatic heterocycles. The van der Waals surface area contributed by atoms with Gasteiger partial charge in [-0.3, -0.25) is 10.1 Å². The predicted octanol–water partition coefficient (Wildman–Crippen LogP) is 2.08. The predicted molar refractivity (Wildman–Crippen MR) is 69.9 cm³/mol. The van der Waals surface area contributed by atoms with Gasteiger partial charge in [-0.25, -0.2) is 9.48 Å². The summed E-state index contributed by atoms with van der Waals surface area (Å²) in [4.78, 5) is 21.3. The highest BCUT2D eigenvalue weighted by Gasteiger charge is 2.20. The molecule has 0 aliphatic carbocycles. The third-order valence-electron chi connectivity index (χ3n) is 2.25. The van der Waals surface area contributed by atoms with E-state index in [1.165, 1.54) is 29.1 Å². The minimum Gasteiger partial charge on any atom is -0.478 e. The molecule has 2 aromatic rings. The first-order valence-electron chi connectivity index (χ1n) is 4.73. The molecule has 1 heterocycles. The average Bonchev–Trinajstić information content (AvgIpc) is 2.71. The number of aromatic nitrogens is 2. The van der Waals surface area contributed by atoms with Gasteiger partial charge < -0.3 is 5.11 Å². The number of nitro benzene ring substituents is 1. The van der Waals surface area contributed by atoms with Crippen LogP contribution < -0.4 is 0 Å². The van der Waals surface area contributed by atoms with Gasteiger partial charge in [-0.15, -0.1) is 0 Å². The van der Waals surface area contributed by atoms with Crippen LogP contribution in [-0.4, -0.2) is 25.8 Å². The molecule has 2 rings (SSSR count). The molecule has 0 bridgehead atoms. The van der Waals surface area contributed by atoms with Gasteiger partial charge in [0, 0.05) is 6.07 Å². The number of hydrogen-bond donors (Lipinski definition) is 1. The molecule has 0 unspecified atom stereocenters. The number of benzene rings is 1. The Labute approximate surface area is 114 Å². The normalized spacial score (nSPS) is 10.3. The number of rotatable bonds is 3. The van der Waals surface area contributed by atoms with Crippen LogP contribution in [0.4, 0.5) is 5.69 Å². The number of carboxylic acids is 1. The van der Waals surface area contributed by atoms with E-state index in [1.54, 1.807) is 28.7 Å². The highest BCUT2D eigenvalue weighted by Crippen LogP contribution is 2.25. The zero-order valence-corrected chi connectivity index (χ0v) is 10.9. The van der Waals surface area contributed by atoms with Crippen molar-refractivity contribution in [2.45, 2.75) is 0 Å². The molecule has 0 aliphatic rings. The van der Waals surface area contributed by atoms with Crippen LogP contribution >= 0.6 is 22.6 Å². The topological polar surface area (TPSA) is 98.3 Å². The summed E-state index contributed by atoms with van der Waals surface area (Å²) in [6.45, 7) is 0. The van der Waals surface area contributed by atoms with Crippen molar-refractivity contribution >= 4 is 34.2 Å². The minimum absolute atomic E-state index is 0.00810. The second-order valence-corrected chi connectivity index (χ2v) is 4.33. The molecule has 0 aliphatic heterocycles. The summed E-state index contributed by atoms with van der Waals surface area (Å²) in [6, 6.07) is 6.02. The first-order chi connectivity index (χ1) is 8.52. The second-order valence-electron chi connectivity index (χ2n) is 3.31. The molecule has 92 valence electrons. The zero-order chi connectivity index (χ0) is 13.3. The van der Waals surface area contributed by atoms with Crippen LogP contribution in [0.2, 0.25) is 0 Å². The maximum absolute atomic E-state index is 10.9. The number of aromatic carboxylic acids is 1. The maximum atomic E-state index is 10.9. The van der Waals surface area contributed by atoms with Crippen molar-refractivity contribution in [1.82, 2.24) is 9.78 Å². The van der Waals surface area contributed by atoms with Crippen LogP contribution in [0.15, 0.2) is 30.5 Å². The monoisotopic (exact) mass is 359 g/mol. The molecule has 18 heavy (non-hydrogen) atoms. The van der Waals surface area contributed by atoms with E-state index in [0.717, 1.165) is 0 Å². The van der Waals surface area contributed by atoms with Gasteiger partial charge in [0.1, 0.15) is 15.0 Å². The number of para-hydroxylation sites is 2. The summed E-state index contributed by atoms with van der Waals surface area (Å²) in [7, 11) is 0. The molecule has 0 saturated carbocycles. The third kappa shape index (κ3) is 2.06. The molecule has 8 heteroatoms. The first kappa shape index (κ1) is 12.5. The summed E-state index contributed by atoms with van der Waals surface area (Å²) in [5.74, 6) is -1.12. The van der Waals surface area contributed by atoms with Crippen molar-refractivity contribution in [3.8, 4) is 5.69 Å². The maximum Gasteiger partial charge on any atom is 0.340 e. The number of nitrogens with zero attached hydrogens (tertiary/aromatic N) is 3. The van der Waals surface area contributed by atoms with Gasteiger partial charge in [0.25, 0.3) is 5.69 Å². The molecule has 0 spiro atoms. The highest BCUT2D eigenvalue weighted by molar-refractivity contribution is 14.1. The van der Waals surface area contributed by atoms with Gasteiger partial charge in [-0.1, -0.05) is 12.1 Å². The van der Waals surface area contributed by atoms with Crippen molar-refractivity contribution in [3.05, 3.63) is 49.8 Å². The van der Waals surface area contributed by atoms with Crippen molar-refractivity contribution in [1.29, 1.82) is 0 Å². The largest absolute Gasteiger partial charge is 0.478 e. The van der Waals surface area contributed by atoms with Gasteiger partial charge in [0.05, 0.1) is 11.1 Å². The lowest BCUT2D eigenvalue weighted by molar-refractivity contribution is -0.384. The molecule has 0 amide bonds. The standard InChI is InChI=1S/C10H6IN3O4/c11-9-6(10(15)16)5-12-13(9)7-3-1-2-4-8(7)14(17)18/h1-5H,(H,15,16). The fourth-order valence-electron chi connectivity index (χ4n) is 1.44. The lowest BCUT2D eigenvalue weighted by Crippen LogP contribution is -2.05. The van der Waals surface area contributed by atoms with Crippen molar-refractivity contribution in [3.63, 3.8) is 0 Å². The number of hydrogen-bond acceptors (Lipinski definition) is 4. The Kier molecular flexibility index (Phi) is 3.28. The Balaban J connectivity index is 2.63. The van der Waals surface area contributed by atoms with Gasteiger partial charge in [-0.2, -0.15) is 5.10 Å². The minimum atomic E-state index is -1.12. The van der Waals surface area contributed by atoms with E-state index in [2.05, 4.69) is 5.10 Å². The molecule has 1 aromatic carbocycles. The van der Waals surface area contributed by atoms with Gasteiger partial charge in [-0.05, 0) is 28.7 Å². The lowest BCUT2D eigenvalue weighted by atomic mass is 10.2. The smallest absolute Gasteiger partial charge is 0.340 e. The fourth-order valence-corrected chi connectivity index (χ4v) is 2.20. The summed E-state index contributed by atoms with van der Waals surface area (Å²) in [5, 5.41) is 23.7. The number of carbonyl (C=O) groups is 1. The number of halogens is 1. The summed E-state index contributed by atoms with van der Waals surface area (Å²) < 4.78 is 1.55. The van der Waals surface area contributed by atoms with E-state index in [-0.39, 0.29) is 16.9 Å². The molecule has 1 N–H and O–H groups in total. The van der Waals surface area contributed by atoms with Crippen LogP contribution in [0.1, 0.15) is 10.4 Å². The quantitative estimate of drug-likeness (QED) is 0.514. The SMILES string of the molecule is O=C(O)c1cnn(-c2ccccc2[N+](=O)[O-])c1I. The average molecular weight is 359 g/mol. The summed E-state index contributed by atoms with van der Waals surface area (Å²) in [6.07, 6.45) is 1.17. The van der Waals surface area contributed by atoms with Crippen LogP contribution in [0.5, 0.6) is 0 Å².